The van der Waals surface area contributed by atoms with Gasteiger partial charge in [-0.25, -0.2) is 0 Å². The van der Waals surface area contributed by atoms with Gasteiger partial charge in [-0.05, 0) is 30.9 Å². The van der Waals surface area contributed by atoms with E-state index in [2.05, 4.69) is 37.3 Å². The Hall–Kier alpha value is -1.55. The summed E-state index contributed by atoms with van der Waals surface area (Å²) in [7, 11) is 0. The van der Waals surface area contributed by atoms with Crippen molar-refractivity contribution in [1.29, 1.82) is 5.26 Å². The summed E-state index contributed by atoms with van der Waals surface area (Å²) in [5.41, 5.74) is 2.56. The predicted molar refractivity (Wildman–Crippen MR) is 59.7 cm³/mol. The highest BCUT2D eigenvalue weighted by molar-refractivity contribution is 5.53. The van der Waals surface area contributed by atoms with Crippen molar-refractivity contribution in [3.63, 3.8) is 0 Å². The van der Waals surface area contributed by atoms with Crippen LogP contribution in [0.3, 0.4) is 0 Å². The molecule has 0 N–H and O–H groups in total. The first-order valence-corrected chi connectivity index (χ1v) is 4.93. The first kappa shape index (κ1) is 10.5. The number of nitriles is 1. The van der Waals surface area contributed by atoms with Crippen LogP contribution < -0.4 is 0 Å². The maximum Gasteiger partial charge on any atom is 0.0621 e. The number of benzene rings is 1. The Labute approximate surface area is 85.7 Å². The molecular formula is C13H15N. The molecule has 0 aromatic heterocycles. The molecule has 0 fully saturated rings. The minimum Gasteiger partial charge on any atom is -0.198 e. The molecule has 1 aromatic carbocycles. The largest absolute Gasteiger partial charge is 0.198 e. The molecule has 0 amide bonds. The monoisotopic (exact) mass is 185 g/mol. The molecular weight excluding hydrogens is 170 g/mol. The van der Waals surface area contributed by atoms with E-state index in [1.165, 1.54) is 11.1 Å². The minimum atomic E-state index is 0.651. The van der Waals surface area contributed by atoms with Crippen LogP contribution in [0.4, 0.5) is 0 Å². The molecule has 0 heterocycles. The fraction of sp³-hybridized carbons (Fsp3) is 0.308. The van der Waals surface area contributed by atoms with E-state index in [1.54, 1.807) is 0 Å². The molecule has 0 spiro atoms. The number of hydrogen-bond donors (Lipinski definition) is 0. The second-order valence-corrected chi connectivity index (χ2v) is 3.31. The average molecular weight is 185 g/mol. The van der Waals surface area contributed by atoms with Gasteiger partial charge in [0.05, 0.1) is 6.07 Å². The molecule has 0 aliphatic rings. The van der Waals surface area contributed by atoms with Gasteiger partial charge in [-0.3, -0.25) is 0 Å². The first-order chi connectivity index (χ1) is 6.84. The van der Waals surface area contributed by atoms with E-state index in [0.29, 0.717) is 6.42 Å². The zero-order valence-electron chi connectivity index (χ0n) is 8.53. The molecule has 14 heavy (non-hydrogen) atoms. The fourth-order valence-corrected chi connectivity index (χ4v) is 1.28. The Balaban J connectivity index is 2.45. The number of hydrogen-bond acceptors (Lipinski definition) is 1. The number of rotatable bonds is 4. The zero-order chi connectivity index (χ0) is 10.2. The van der Waals surface area contributed by atoms with E-state index in [4.69, 9.17) is 5.26 Å². The third-order valence-electron chi connectivity index (χ3n) is 2.15. The fourth-order valence-electron chi connectivity index (χ4n) is 1.28. The van der Waals surface area contributed by atoms with Crippen LogP contribution in [0.25, 0.3) is 6.08 Å². The van der Waals surface area contributed by atoms with E-state index in [1.807, 2.05) is 12.1 Å². The molecule has 0 aliphatic carbocycles. The van der Waals surface area contributed by atoms with Crippen molar-refractivity contribution in [3.05, 3.63) is 41.5 Å². The highest BCUT2D eigenvalue weighted by Crippen LogP contribution is 2.09. The van der Waals surface area contributed by atoms with Gasteiger partial charge in [0.25, 0.3) is 0 Å². The Morgan fingerprint density at radius 3 is 2.86 bits per heavy atom. The number of unbranched alkanes of at least 4 members (excludes halogenated alkanes) is 2. The molecule has 1 nitrogen and oxygen atoms in total. The maximum atomic E-state index is 8.35. The Morgan fingerprint density at radius 1 is 1.36 bits per heavy atom. The van der Waals surface area contributed by atoms with Crippen LogP contribution in [0.2, 0.25) is 0 Å². The molecule has 0 aliphatic heterocycles. The van der Waals surface area contributed by atoms with Gasteiger partial charge in [0, 0.05) is 6.42 Å². The number of nitrogens with zero attached hydrogens (tertiary/aromatic N) is 1. The van der Waals surface area contributed by atoms with Crippen LogP contribution in [-0.4, -0.2) is 0 Å². The third-order valence-corrected chi connectivity index (χ3v) is 2.15. The van der Waals surface area contributed by atoms with Crippen LogP contribution >= 0.6 is 0 Å². The van der Waals surface area contributed by atoms with Gasteiger partial charge in [0.1, 0.15) is 0 Å². The van der Waals surface area contributed by atoms with Crippen LogP contribution in [0.15, 0.2) is 30.3 Å². The molecule has 1 heteroatoms. The van der Waals surface area contributed by atoms with Crippen LogP contribution in [0.1, 0.15) is 30.4 Å². The second-order valence-electron chi connectivity index (χ2n) is 3.31. The normalized spacial score (nSPS) is 10.3. The lowest BCUT2D eigenvalue weighted by Crippen LogP contribution is -1.78. The van der Waals surface area contributed by atoms with Crippen LogP contribution in [0, 0.1) is 18.3 Å². The van der Waals surface area contributed by atoms with E-state index < -0.39 is 0 Å². The summed E-state index contributed by atoms with van der Waals surface area (Å²) in [6.07, 6.45) is 6.87. The van der Waals surface area contributed by atoms with Gasteiger partial charge >= 0.3 is 0 Å². The number of allylic oxidation sites excluding steroid dienone is 1. The van der Waals surface area contributed by atoms with Gasteiger partial charge in [-0.1, -0.05) is 36.4 Å². The molecule has 0 saturated heterocycles. The van der Waals surface area contributed by atoms with E-state index in [9.17, 15) is 0 Å². The summed E-state index contributed by atoms with van der Waals surface area (Å²) in [5, 5.41) is 8.35. The van der Waals surface area contributed by atoms with Gasteiger partial charge in [-0.15, -0.1) is 0 Å². The molecule has 1 rings (SSSR count). The molecule has 0 saturated carbocycles. The van der Waals surface area contributed by atoms with Crippen molar-refractivity contribution in [3.8, 4) is 6.07 Å². The van der Waals surface area contributed by atoms with Gasteiger partial charge in [0.15, 0.2) is 0 Å². The lowest BCUT2D eigenvalue weighted by molar-refractivity contribution is 0.879. The van der Waals surface area contributed by atoms with Gasteiger partial charge in [-0.2, -0.15) is 5.26 Å². The lowest BCUT2D eigenvalue weighted by Gasteiger charge is -1.97. The molecule has 1 aromatic rings. The van der Waals surface area contributed by atoms with Crippen LogP contribution in [0.5, 0.6) is 0 Å². The van der Waals surface area contributed by atoms with E-state index in [-0.39, 0.29) is 0 Å². The lowest BCUT2D eigenvalue weighted by atomic mass is 10.1. The van der Waals surface area contributed by atoms with Crippen molar-refractivity contribution in [2.24, 2.45) is 0 Å². The average Bonchev–Trinajstić information content (AvgIpc) is 2.20. The SMILES string of the molecule is Cc1ccccc1C=CCCCC#N. The smallest absolute Gasteiger partial charge is 0.0621 e. The minimum absolute atomic E-state index is 0.651. The molecule has 0 unspecified atom stereocenters. The standard InChI is InChI=1S/C13H15N/c1-12-8-5-6-10-13(12)9-4-2-3-7-11-14/h4-6,8-10H,2-3,7H2,1H3. The van der Waals surface area contributed by atoms with E-state index in [0.717, 1.165) is 12.8 Å². The highest BCUT2D eigenvalue weighted by Gasteiger charge is 1.89. The van der Waals surface area contributed by atoms with Crippen molar-refractivity contribution in [2.45, 2.75) is 26.2 Å². The molecule has 0 bridgehead atoms. The Kier molecular flexibility index (Phi) is 4.50. The molecule has 0 radical (unpaired) electrons. The summed E-state index contributed by atoms with van der Waals surface area (Å²) in [6, 6.07) is 10.4. The number of aryl methyl sites for hydroxylation is 1. The zero-order valence-corrected chi connectivity index (χ0v) is 8.53. The summed E-state index contributed by atoms with van der Waals surface area (Å²) < 4.78 is 0. The van der Waals surface area contributed by atoms with Crippen molar-refractivity contribution in [1.82, 2.24) is 0 Å². The topological polar surface area (TPSA) is 23.8 Å². The summed E-state index contributed by atoms with van der Waals surface area (Å²) in [4.78, 5) is 0. The summed E-state index contributed by atoms with van der Waals surface area (Å²) in [5.74, 6) is 0. The Morgan fingerprint density at radius 2 is 2.14 bits per heavy atom. The molecule has 0 atom stereocenters. The first-order valence-electron chi connectivity index (χ1n) is 4.93. The Bertz CT molecular complexity index is 344. The van der Waals surface area contributed by atoms with Crippen molar-refractivity contribution in [2.75, 3.05) is 0 Å². The predicted octanol–water partition coefficient (Wildman–Crippen LogP) is 3.70. The highest BCUT2D eigenvalue weighted by atomic mass is 14.2. The molecule has 72 valence electrons. The van der Waals surface area contributed by atoms with Gasteiger partial charge in [0.2, 0.25) is 0 Å². The second kappa shape index (κ2) is 5.99. The van der Waals surface area contributed by atoms with E-state index >= 15 is 0 Å². The van der Waals surface area contributed by atoms with Crippen molar-refractivity contribution >= 4 is 6.08 Å². The third kappa shape index (κ3) is 3.45. The van der Waals surface area contributed by atoms with Gasteiger partial charge < -0.3 is 0 Å². The quantitative estimate of drug-likeness (QED) is 0.656. The van der Waals surface area contributed by atoms with Crippen LogP contribution in [-0.2, 0) is 0 Å². The maximum absolute atomic E-state index is 8.35. The summed E-state index contributed by atoms with van der Waals surface area (Å²) >= 11 is 0. The van der Waals surface area contributed by atoms with Crippen molar-refractivity contribution < 1.29 is 0 Å². The summed E-state index contributed by atoms with van der Waals surface area (Å²) in [6.45, 7) is 2.11.